The first-order chi connectivity index (χ1) is 12.0. The number of methoxy groups -OCH3 is 2. The molecule has 1 aromatic carbocycles. The highest BCUT2D eigenvalue weighted by Crippen LogP contribution is 2.33. The highest BCUT2D eigenvalue weighted by molar-refractivity contribution is 5.72. The van der Waals surface area contributed by atoms with E-state index >= 15 is 0 Å². The minimum absolute atomic E-state index is 0.197. The van der Waals surface area contributed by atoms with Crippen molar-refractivity contribution in [2.24, 2.45) is 0 Å². The van der Waals surface area contributed by atoms with E-state index < -0.39 is 0 Å². The van der Waals surface area contributed by atoms with Gasteiger partial charge >= 0.3 is 11.9 Å². The Balaban J connectivity index is 3.07. The minimum Gasteiger partial charge on any atom is -0.494 e. The Hall–Kier alpha value is -2.44. The Bertz CT molecular complexity index is 540. The summed E-state index contributed by atoms with van der Waals surface area (Å²) in [6, 6.07) is 5.51. The summed E-state index contributed by atoms with van der Waals surface area (Å²) in [6.45, 7) is 5.62. The molecule has 0 saturated carbocycles. The van der Waals surface area contributed by atoms with Crippen LogP contribution in [-0.2, 0) is 19.1 Å². The normalized spacial score (nSPS) is 10.1. The van der Waals surface area contributed by atoms with Crippen molar-refractivity contribution in [3.63, 3.8) is 0 Å². The van der Waals surface area contributed by atoms with E-state index in [4.69, 9.17) is 18.9 Å². The van der Waals surface area contributed by atoms with Crippen LogP contribution in [0.5, 0.6) is 11.5 Å². The fourth-order valence-corrected chi connectivity index (χ4v) is 2.29. The molecule has 0 spiro atoms. The van der Waals surface area contributed by atoms with Gasteiger partial charge in [0.25, 0.3) is 0 Å². The average molecular weight is 353 g/mol. The Kier molecular flexibility index (Phi) is 9.21. The van der Waals surface area contributed by atoms with Gasteiger partial charge in [0.15, 0.2) is 0 Å². The number of hydrogen-bond acceptors (Lipinski definition) is 7. The third-order valence-electron chi connectivity index (χ3n) is 3.51. The number of carbonyl (C=O) groups is 2. The summed E-state index contributed by atoms with van der Waals surface area (Å²) in [7, 11) is 2.70. The van der Waals surface area contributed by atoms with E-state index in [1.807, 2.05) is 36.9 Å². The van der Waals surface area contributed by atoms with Crippen LogP contribution in [0.25, 0.3) is 0 Å². The summed E-state index contributed by atoms with van der Waals surface area (Å²) < 4.78 is 20.7. The largest absolute Gasteiger partial charge is 0.494 e. The standard InChI is InChI=1S/C18H27NO6/c1-5-24-14-7-8-16(25-6-2)15(13-14)19(11-9-17(20)22-3)12-10-18(21)23-4/h7-8,13H,5-6,9-12H2,1-4H3. The number of carbonyl (C=O) groups excluding carboxylic acids is 2. The Morgan fingerprint density at radius 1 is 0.920 bits per heavy atom. The van der Waals surface area contributed by atoms with E-state index in [0.29, 0.717) is 37.8 Å². The summed E-state index contributed by atoms with van der Waals surface area (Å²) in [5, 5.41) is 0. The van der Waals surface area contributed by atoms with Gasteiger partial charge in [0.1, 0.15) is 11.5 Å². The summed E-state index contributed by atoms with van der Waals surface area (Å²) >= 11 is 0. The fourth-order valence-electron chi connectivity index (χ4n) is 2.29. The van der Waals surface area contributed by atoms with Crippen molar-refractivity contribution in [3.05, 3.63) is 18.2 Å². The summed E-state index contributed by atoms with van der Waals surface area (Å²) in [5.41, 5.74) is 0.764. The monoisotopic (exact) mass is 353 g/mol. The highest BCUT2D eigenvalue weighted by Gasteiger charge is 2.17. The zero-order valence-electron chi connectivity index (χ0n) is 15.4. The first-order valence-corrected chi connectivity index (χ1v) is 8.33. The fraction of sp³-hybridized carbons (Fsp3) is 0.556. The van der Waals surface area contributed by atoms with Gasteiger partial charge in [-0.05, 0) is 26.0 Å². The van der Waals surface area contributed by atoms with E-state index in [-0.39, 0.29) is 24.8 Å². The number of ether oxygens (including phenoxy) is 4. The molecule has 0 heterocycles. The summed E-state index contributed by atoms with van der Waals surface area (Å²) in [4.78, 5) is 25.0. The van der Waals surface area contributed by atoms with Crippen molar-refractivity contribution in [2.75, 3.05) is 45.4 Å². The SMILES string of the molecule is CCOc1ccc(OCC)c(N(CCC(=O)OC)CCC(=O)OC)c1. The highest BCUT2D eigenvalue weighted by atomic mass is 16.5. The molecule has 1 aromatic rings. The van der Waals surface area contributed by atoms with E-state index in [2.05, 4.69) is 0 Å². The molecule has 0 aliphatic carbocycles. The van der Waals surface area contributed by atoms with Crippen molar-refractivity contribution >= 4 is 17.6 Å². The molecular formula is C18H27NO6. The molecule has 0 aliphatic rings. The maximum absolute atomic E-state index is 11.5. The molecule has 140 valence electrons. The second kappa shape index (κ2) is 11.2. The molecule has 0 aliphatic heterocycles. The summed E-state index contributed by atoms with van der Waals surface area (Å²) in [5.74, 6) is 0.728. The number of hydrogen-bond donors (Lipinski definition) is 0. The first kappa shape index (κ1) is 20.6. The molecule has 0 aromatic heterocycles. The number of rotatable bonds is 11. The molecule has 1 rings (SSSR count). The third-order valence-corrected chi connectivity index (χ3v) is 3.51. The maximum atomic E-state index is 11.5. The maximum Gasteiger partial charge on any atom is 0.307 e. The molecule has 0 fully saturated rings. The molecule has 0 saturated heterocycles. The van der Waals surface area contributed by atoms with E-state index in [9.17, 15) is 9.59 Å². The zero-order chi connectivity index (χ0) is 18.7. The van der Waals surface area contributed by atoms with Crippen LogP contribution in [0.15, 0.2) is 18.2 Å². The van der Waals surface area contributed by atoms with Gasteiger partial charge in [-0.15, -0.1) is 0 Å². The van der Waals surface area contributed by atoms with Gasteiger partial charge in [0.2, 0.25) is 0 Å². The van der Waals surface area contributed by atoms with Crippen molar-refractivity contribution in [3.8, 4) is 11.5 Å². The van der Waals surface area contributed by atoms with Crippen LogP contribution in [0.1, 0.15) is 26.7 Å². The molecule has 7 heteroatoms. The third kappa shape index (κ3) is 6.91. The van der Waals surface area contributed by atoms with Crippen LogP contribution >= 0.6 is 0 Å². The number of nitrogens with zero attached hydrogens (tertiary/aromatic N) is 1. The van der Waals surface area contributed by atoms with Gasteiger partial charge in [-0.2, -0.15) is 0 Å². The van der Waals surface area contributed by atoms with Crippen molar-refractivity contribution in [2.45, 2.75) is 26.7 Å². The number of benzene rings is 1. The van der Waals surface area contributed by atoms with Crippen LogP contribution in [0, 0.1) is 0 Å². The Morgan fingerprint density at radius 2 is 1.48 bits per heavy atom. The van der Waals surface area contributed by atoms with Crippen molar-refractivity contribution < 1.29 is 28.5 Å². The van der Waals surface area contributed by atoms with Crippen LogP contribution in [0.2, 0.25) is 0 Å². The Morgan fingerprint density at radius 3 is 1.96 bits per heavy atom. The zero-order valence-corrected chi connectivity index (χ0v) is 15.4. The van der Waals surface area contributed by atoms with Crippen LogP contribution in [0.3, 0.4) is 0 Å². The van der Waals surface area contributed by atoms with Gasteiger partial charge in [-0.25, -0.2) is 0 Å². The van der Waals surface area contributed by atoms with Gasteiger partial charge in [0, 0.05) is 19.2 Å². The average Bonchev–Trinajstić information content (AvgIpc) is 2.63. The summed E-state index contributed by atoms with van der Waals surface area (Å²) in [6.07, 6.45) is 0.393. The predicted molar refractivity (Wildman–Crippen MR) is 94.3 cm³/mol. The molecule has 0 bridgehead atoms. The molecule has 0 N–H and O–H groups in total. The number of anilines is 1. The smallest absolute Gasteiger partial charge is 0.307 e. The second-order valence-electron chi connectivity index (χ2n) is 5.13. The van der Waals surface area contributed by atoms with Crippen LogP contribution < -0.4 is 14.4 Å². The van der Waals surface area contributed by atoms with Crippen LogP contribution in [0.4, 0.5) is 5.69 Å². The van der Waals surface area contributed by atoms with E-state index in [0.717, 1.165) is 5.69 Å². The lowest BCUT2D eigenvalue weighted by Crippen LogP contribution is -2.29. The second-order valence-corrected chi connectivity index (χ2v) is 5.13. The lowest BCUT2D eigenvalue weighted by molar-refractivity contribution is -0.140. The first-order valence-electron chi connectivity index (χ1n) is 8.33. The molecule has 0 amide bonds. The molecular weight excluding hydrogens is 326 g/mol. The van der Waals surface area contributed by atoms with Crippen LogP contribution in [-0.4, -0.2) is 52.5 Å². The van der Waals surface area contributed by atoms with Gasteiger partial charge in [-0.3, -0.25) is 9.59 Å². The quantitative estimate of drug-likeness (QED) is 0.566. The Labute approximate surface area is 148 Å². The molecule has 0 radical (unpaired) electrons. The van der Waals surface area contributed by atoms with E-state index in [1.54, 1.807) is 0 Å². The predicted octanol–water partition coefficient (Wildman–Crippen LogP) is 2.42. The van der Waals surface area contributed by atoms with Gasteiger partial charge < -0.3 is 23.8 Å². The minimum atomic E-state index is -0.318. The molecule has 0 atom stereocenters. The van der Waals surface area contributed by atoms with Gasteiger partial charge in [-0.1, -0.05) is 0 Å². The van der Waals surface area contributed by atoms with Crippen molar-refractivity contribution in [1.29, 1.82) is 0 Å². The van der Waals surface area contributed by atoms with E-state index in [1.165, 1.54) is 14.2 Å². The van der Waals surface area contributed by atoms with Crippen molar-refractivity contribution in [1.82, 2.24) is 0 Å². The van der Waals surface area contributed by atoms with Gasteiger partial charge in [0.05, 0.1) is 46.0 Å². The lowest BCUT2D eigenvalue weighted by atomic mass is 10.2. The molecule has 25 heavy (non-hydrogen) atoms. The lowest BCUT2D eigenvalue weighted by Gasteiger charge is -2.26. The number of esters is 2. The molecule has 7 nitrogen and oxygen atoms in total. The topological polar surface area (TPSA) is 74.3 Å². The molecule has 0 unspecified atom stereocenters.